The number of nitrogens with two attached hydrogens (primary N) is 1. The van der Waals surface area contributed by atoms with Crippen LogP contribution in [0.1, 0.15) is 20.3 Å². The van der Waals surface area contributed by atoms with Crippen molar-refractivity contribution in [2.75, 3.05) is 19.3 Å². The summed E-state index contributed by atoms with van der Waals surface area (Å²) in [5, 5.41) is -0.583. The predicted molar refractivity (Wildman–Crippen MR) is 63.6 cm³/mol. The molecule has 5 nitrogen and oxygen atoms in total. The van der Waals surface area contributed by atoms with Gasteiger partial charge in [0.1, 0.15) is 0 Å². The summed E-state index contributed by atoms with van der Waals surface area (Å²) in [4.78, 5) is 0. The molecule has 0 heterocycles. The smallest absolute Gasteiger partial charge is 0.215 e. The quantitative estimate of drug-likeness (QED) is 0.637. The minimum absolute atomic E-state index is 0.000817. The van der Waals surface area contributed by atoms with Gasteiger partial charge in [-0.05, 0) is 13.3 Å². The maximum atomic E-state index is 11.4. The Morgan fingerprint density at radius 1 is 1.40 bits per heavy atom. The molecule has 0 bridgehead atoms. The number of hydrogen-bond acceptors (Lipinski definition) is 4. The van der Waals surface area contributed by atoms with Crippen molar-refractivity contribution in [1.29, 1.82) is 0 Å². The molecule has 0 aliphatic rings. The van der Waals surface area contributed by atoms with E-state index in [1.807, 2.05) is 6.92 Å². The van der Waals surface area contributed by atoms with Gasteiger partial charge in [-0.25, -0.2) is 13.1 Å². The fourth-order valence-electron chi connectivity index (χ4n) is 0.839. The van der Waals surface area contributed by atoms with Gasteiger partial charge in [0.25, 0.3) is 0 Å². The van der Waals surface area contributed by atoms with Crippen molar-refractivity contribution in [2.45, 2.75) is 30.8 Å². The zero-order valence-electron chi connectivity index (χ0n) is 9.39. The number of hydrogen-bond donors (Lipinski definition) is 2. The summed E-state index contributed by atoms with van der Waals surface area (Å²) in [7, 11) is -4.22. The molecule has 0 aromatic heterocycles. The second kappa shape index (κ2) is 6.57. The van der Waals surface area contributed by atoms with Crippen molar-refractivity contribution >= 4 is 20.8 Å². The Morgan fingerprint density at radius 3 is 2.33 bits per heavy atom. The molecule has 0 fully saturated rings. The Morgan fingerprint density at radius 2 is 1.93 bits per heavy atom. The van der Waals surface area contributed by atoms with Gasteiger partial charge in [0, 0.05) is 35.4 Å². The molecular formula is C8H20N2O3S2. The maximum absolute atomic E-state index is 11.4. The Bertz CT molecular complexity index is 303. The van der Waals surface area contributed by atoms with Crippen molar-refractivity contribution in [1.82, 2.24) is 4.72 Å². The van der Waals surface area contributed by atoms with E-state index in [-0.39, 0.29) is 11.8 Å². The molecule has 0 aliphatic heterocycles. The summed E-state index contributed by atoms with van der Waals surface area (Å²) >= 11 is 0. The van der Waals surface area contributed by atoms with E-state index in [2.05, 4.69) is 4.72 Å². The van der Waals surface area contributed by atoms with Crippen LogP contribution in [0.15, 0.2) is 0 Å². The molecule has 3 atom stereocenters. The fraction of sp³-hybridized carbons (Fsp3) is 1.00. The first-order valence-corrected chi connectivity index (χ1v) is 7.98. The van der Waals surface area contributed by atoms with Gasteiger partial charge in [-0.2, -0.15) is 0 Å². The lowest BCUT2D eigenvalue weighted by molar-refractivity contribution is 0.565. The minimum Gasteiger partial charge on any atom is -0.329 e. The first kappa shape index (κ1) is 15.0. The third kappa shape index (κ3) is 5.60. The molecule has 0 aliphatic carbocycles. The van der Waals surface area contributed by atoms with E-state index in [1.54, 1.807) is 13.2 Å². The van der Waals surface area contributed by atoms with Crippen LogP contribution in [-0.4, -0.2) is 42.5 Å². The number of rotatable bonds is 7. The van der Waals surface area contributed by atoms with Crippen LogP contribution in [0.2, 0.25) is 0 Å². The van der Waals surface area contributed by atoms with Crippen LogP contribution in [0, 0.1) is 0 Å². The van der Waals surface area contributed by atoms with Gasteiger partial charge in [-0.3, -0.25) is 4.21 Å². The largest absolute Gasteiger partial charge is 0.329 e. The van der Waals surface area contributed by atoms with E-state index in [1.165, 1.54) is 0 Å². The lowest BCUT2D eigenvalue weighted by Crippen LogP contribution is -2.38. The van der Waals surface area contributed by atoms with Crippen LogP contribution >= 0.6 is 0 Å². The predicted octanol–water partition coefficient (Wildman–Crippen LogP) is -0.590. The summed E-state index contributed by atoms with van der Waals surface area (Å²) in [6, 6.07) is 0. The van der Waals surface area contributed by atoms with Crippen LogP contribution < -0.4 is 10.5 Å². The van der Waals surface area contributed by atoms with E-state index in [9.17, 15) is 12.6 Å². The Kier molecular flexibility index (Phi) is 6.58. The Balaban J connectivity index is 4.01. The van der Waals surface area contributed by atoms with Crippen LogP contribution in [0.3, 0.4) is 0 Å². The summed E-state index contributed by atoms with van der Waals surface area (Å²) in [6.07, 6.45) is 2.18. The van der Waals surface area contributed by atoms with Crippen LogP contribution in [0.5, 0.6) is 0 Å². The zero-order chi connectivity index (χ0) is 12.1. The lowest BCUT2D eigenvalue weighted by atomic mass is 10.3. The van der Waals surface area contributed by atoms with Gasteiger partial charge in [-0.15, -0.1) is 0 Å². The monoisotopic (exact) mass is 256 g/mol. The van der Waals surface area contributed by atoms with Gasteiger partial charge in [0.2, 0.25) is 10.0 Å². The molecular weight excluding hydrogens is 236 g/mol. The van der Waals surface area contributed by atoms with Crippen LogP contribution in [0.4, 0.5) is 0 Å². The van der Waals surface area contributed by atoms with Gasteiger partial charge in [-0.1, -0.05) is 6.92 Å². The molecule has 3 unspecified atom stereocenters. The molecule has 0 saturated carbocycles. The lowest BCUT2D eigenvalue weighted by Gasteiger charge is -2.13. The van der Waals surface area contributed by atoms with E-state index >= 15 is 0 Å². The molecule has 0 saturated heterocycles. The van der Waals surface area contributed by atoms with Crippen molar-refractivity contribution < 1.29 is 12.6 Å². The molecule has 7 heteroatoms. The van der Waals surface area contributed by atoms with Gasteiger partial charge < -0.3 is 5.73 Å². The third-order valence-corrected chi connectivity index (χ3v) is 5.51. The molecule has 0 radical (unpaired) electrons. The van der Waals surface area contributed by atoms with E-state index in [0.717, 1.165) is 0 Å². The highest BCUT2D eigenvalue weighted by Gasteiger charge is 2.18. The van der Waals surface area contributed by atoms with Gasteiger partial charge in [0.05, 0.1) is 5.25 Å². The summed E-state index contributed by atoms with van der Waals surface area (Å²) in [5.74, 6) is 0. The van der Waals surface area contributed by atoms with Crippen molar-refractivity contribution in [3.63, 3.8) is 0 Å². The molecule has 3 N–H and O–H groups in total. The highest BCUT2D eigenvalue weighted by molar-refractivity contribution is 7.90. The average molecular weight is 256 g/mol. The summed E-state index contributed by atoms with van der Waals surface area (Å²) < 4.78 is 36.3. The summed E-state index contributed by atoms with van der Waals surface area (Å²) in [6.45, 7) is 3.80. The number of nitrogens with one attached hydrogen (secondary N) is 1. The normalized spacial score (nSPS) is 18.4. The highest BCUT2D eigenvalue weighted by atomic mass is 32.2. The molecule has 0 rings (SSSR count). The molecule has 92 valence electrons. The zero-order valence-corrected chi connectivity index (χ0v) is 11.0. The highest BCUT2D eigenvalue weighted by Crippen LogP contribution is 2.00. The Hall–Kier alpha value is 0.0200. The van der Waals surface area contributed by atoms with E-state index < -0.39 is 26.1 Å². The Labute approximate surface area is 94.3 Å². The molecule has 0 amide bonds. The molecule has 0 aromatic rings. The first-order valence-electron chi connectivity index (χ1n) is 4.82. The SMILES string of the molecule is CC(CCNS(=O)(=O)C(C)CN)S(C)=O. The van der Waals surface area contributed by atoms with Gasteiger partial charge in [0.15, 0.2) is 0 Å². The van der Waals surface area contributed by atoms with Crippen molar-refractivity contribution in [2.24, 2.45) is 5.73 Å². The maximum Gasteiger partial charge on any atom is 0.215 e. The van der Waals surface area contributed by atoms with E-state index in [4.69, 9.17) is 5.73 Å². The standard InChI is InChI=1S/C8H20N2O3S2/c1-7(14(3)11)4-5-10-15(12,13)8(2)6-9/h7-8,10H,4-6,9H2,1-3H3. The van der Waals surface area contributed by atoms with Crippen LogP contribution in [-0.2, 0) is 20.8 Å². The van der Waals surface area contributed by atoms with E-state index in [0.29, 0.717) is 13.0 Å². The average Bonchev–Trinajstić information content (AvgIpc) is 2.15. The minimum atomic E-state index is -3.31. The second-order valence-electron chi connectivity index (χ2n) is 3.58. The molecule has 15 heavy (non-hydrogen) atoms. The molecule has 0 spiro atoms. The third-order valence-electron chi connectivity index (χ3n) is 2.28. The van der Waals surface area contributed by atoms with Crippen LogP contribution in [0.25, 0.3) is 0 Å². The first-order chi connectivity index (χ1) is 6.81. The topological polar surface area (TPSA) is 89.3 Å². The van der Waals surface area contributed by atoms with Crippen molar-refractivity contribution in [3.05, 3.63) is 0 Å². The molecule has 0 aromatic carbocycles. The van der Waals surface area contributed by atoms with Crippen molar-refractivity contribution in [3.8, 4) is 0 Å². The number of sulfonamides is 1. The fourth-order valence-corrected chi connectivity index (χ4v) is 2.23. The van der Waals surface area contributed by atoms with Gasteiger partial charge >= 0.3 is 0 Å². The second-order valence-corrected chi connectivity index (χ2v) is 7.57. The summed E-state index contributed by atoms with van der Waals surface area (Å²) in [5.41, 5.74) is 5.27.